The number of halogens is 1. The average Bonchev–Trinajstić information content (AvgIpc) is 2.72. The van der Waals surface area contributed by atoms with Gasteiger partial charge in [-0.1, -0.05) is 17.7 Å². The van der Waals surface area contributed by atoms with Crippen LogP contribution < -0.4 is 4.74 Å². The zero-order valence-electron chi connectivity index (χ0n) is 12.3. The molecule has 4 rings (SSSR count). The van der Waals surface area contributed by atoms with Crippen molar-refractivity contribution < 1.29 is 9.13 Å². The van der Waals surface area contributed by atoms with Crippen molar-refractivity contribution in [2.45, 2.75) is 27.5 Å². The lowest BCUT2D eigenvalue weighted by Crippen LogP contribution is -2.13. The Balaban J connectivity index is 2.13. The summed E-state index contributed by atoms with van der Waals surface area (Å²) in [7, 11) is 0. The third-order valence-electron chi connectivity index (χ3n) is 4.17. The van der Waals surface area contributed by atoms with Crippen LogP contribution in [0.1, 0.15) is 16.7 Å². The van der Waals surface area contributed by atoms with Crippen LogP contribution in [0.15, 0.2) is 30.3 Å². The first kappa shape index (κ1) is 12.5. The summed E-state index contributed by atoms with van der Waals surface area (Å²) in [5.41, 5.74) is 5.67. The Bertz CT molecular complexity index is 892. The number of hydrogen-bond acceptors (Lipinski definition) is 1. The molecule has 2 nitrogen and oxygen atoms in total. The summed E-state index contributed by atoms with van der Waals surface area (Å²) in [5.74, 6) is 0.615. The Morgan fingerprint density at radius 1 is 1.05 bits per heavy atom. The van der Waals surface area contributed by atoms with E-state index in [4.69, 9.17) is 4.74 Å². The van der Waals surface area contributed by atoms with Crippen molar-refractivity contribution in [2.75, 3.05) is 0 Å². The first-order chi connectivity index (χ1) is 10.1. The van der Waals surface area contributed by atoms with Crippen molar-refractivity contribution in [1.29, 1.82) is 0 Å². The molecule has 0 unspecified atom stereocenters. The summed E-state index contributed by atoms with van der Waals surface area (Å²) in [4.78, 5) is 0. The van der Waals surface area contributed by atoms with Crippen LogP contribution in [0.2, 0.25) is 0 Å². The second kappa shape index (κ2) is 4.10. The van der Waals surface area contributed by atoms with E-state index in [9.17, 15) is 4.39 Å². The summed E-state index contributed by atoms with van der Waals surface area (Å²) in [6.45, 7) is 6.39. The molecule has 0 saturated heterocycles. The van der Waals surface area contributed by atoms with E-state index < -0.39 is 0 Å². The third kappa shape index (κ3) is 1.63. The smallest absolute Gasteiger partial charge is 0.165 e. The molecule has 21 heavy (non-hydrogen) atoms. The van der Waals surface area contributed by atoms with Gasteiger partial charge in [0.25, 0.3) is 0 Å². The van der Waals surface area contributed by atoms with Gasteiger partial charge in [0.1, 0.15) is 5.75 Å². The van der Waals surface area contributed by atoms with Crippen LogP contribution in [-0.2, 0) is 6.73 Å². The first-order valence-corrected chi connectivity index (χ1v) is 7.09. The van der Waals surface area contributed by atoms with Gasteiger partial charge < -0.3 is 9.30 Å². The molecule has 3 aromatic rings. The van der Waals surface area contributed by atoms with Crippen molar-refractivity contribution in [3.05, 3.63) is 52.8 Å². The molecule has 3 heteroatoms. The number of benzene rings is 2. The van der Waals surface area contributed by atoms with Gasteiger partial charge in [-0.05, 0) is 50.1 Å². The van der Waals surface area contributed by atoms with Gasteiger partial charge in [0.05, 0.1) is 11.2 Å². The number of aryl methyl sites for hydroxylation is 3. The van der Waals surface area contributed by atoms with Gasteiger partial charge in [0.2, 0.25) is 0 Å². The molecule has 0 saturated carbocycles. The molecule has 1 aliphatic heterocycles. The Morgan fingerprint density at radius 3 is 2.67 bits per heavy atom. The molecule has 0 amide bonds. The number of hydrogen-bond donors (Lipinski definition) is 0. The Kier molecular flexibility index (Phi) is 2.43. The van der Waals surface area contributed by atoms with Gasteiger partial charge in [-0.2, -0.15) is 0 Å². The molecule has 106 valence electrons. The topological polar surface area (TPSA) is 14.2 Å². The normalized spacial score (nSPS) is 13.0. The molecule has 0 aliphatic carbocycles. The lowest BCUT2D eigenvalue weighted by Gasteiger charge is -2.21. The van der Waals surface area contributed by atoms with Crippen LogP contribution in [-0.4, -0.2) is 4.57 Å². The number of fused-ring (bicyclic) bond motifs is 5. The van der Waals surface area contributed by atoms with Crippen LogP contribution in [0.5, 0.6) is 5.75 Å². The fourth-order valence-electron chi connectivity index (χ4n) is 3.31. The molecule has 1 aromatic heterocycles. The van der Waals surface area contributed by atoms with E-state index in [2.05, 4.69) is 6.07 Å². The fraction of sp³-hybridized carbons (Fsp3) is 0.222. The maximum atomic E-state index is 15.0. The van der Waals surface area contributed by atoms with Crippen molar-refractivity contribution in [1.82, 2.24) is 4.57 Å². The SMILES string of the molecule is Cc1ccc2c(c1)OCn1c-2c(F)c2cc(C)cc(C)c21. The van der Waals surface area contributed by atoms with Crippen molar-refractivity contribution in [3.8, 4) is 17.0 Å². The molecule has 2 aromatic carbocycles. The van der Waals surface area contributed by atoms with Gasteiger partial charge in [-0.15, -0.1) is 0 Å². The van der Waals surface area contributed by atoms with E-state index in [0.717, 1.165) is 33.5 Å². The van der Waals surface area contributed by atoms with Crippen LogP contribution in [0.4, 0.5) is 4.39 Å². The van der Waals surface area contributed by atoms with Crippen LogP contribution in [0.25, 0.3) is 22.2 Å². The third-order valence-corrected chi connectivity index (χ3v) is 4.17. The van der Waals surface area contributed by atoms with E-state index in [1.807, 2.05) is 49.6 Å². The summed E-state index contributed by atoms with van der Waals surface area (Å²) in [6, 6.07) is 9.90. The molecular weight excluding hydrogens is 265 g/mol. The summed E-state index contributed by atoms with van der Waals surface area (Å²) in [6.07, 6.45) is 0. The van der Waals surface area contributed by atoms with Gasteiger partial charge in [0, 0.05) is 10.9 Å². The lowest BCUT2D eigenvalue weighted by atomic mass is 10.1. The highest BCUT2D eigenvalue weighted by Gasteiger charge is 2.26. The predicted octanol–water partition coefficient (Wildman–Crippen LogP) is 4.72. The van der Waals surface area contributed by atoms with Crippen molar-refractivity contribution in [3.63, 3.8) is 0 Å². The average molecular weight is 281 g/mol. The monoisotopic (exact) mass is 281 g/mol. The maximum Gasteiger partial charge on any atom is 0.165 e. The number of aromatic nitrogens is 1. The Morgan fingerprint density at radius 2 is 1.86 bits per heavy atom. The van der Waals surface area contributed by atoms with E-state index >= 15 is 0 Å². The molecule has 0 spiro atoms. The molecule has 0 atom stereocenters. The molecule has 0 fully saturated rings. The predicted molar refractivity (Wildman–Crippen MR) is 82.2 cm³/mol. The van der Waals surface area contributed by atoms with E-state index in [-0.39, 0.29) is 5.82 Å². The highest BCUT2D eigenvalue weighted by molar-refractivity contribution is 5.92. The quantitative estimate of drug-likeness (QED) is 0.581. The van der Waals surface area contributed by atoms with Gasteiger partial charge in [-0.25, -0.2) is 4.39 Å². The van der Waals surface area contributed by atoms with Gasteiger partial charge >= 0.3 is 0 Å². The minimum Gasteiger partial charge on any atom is -0.472 e. The fourth-order valence-corrected chi connectivity index (χ4v) is 3.31. The van der Waals surface area contributed by atoms with Gasteiger partial charge in [-0.3, -0.25) is 0 Å². The van der Waals surface area contributed by atoms with E-state index in [0.29, 0.717) is 17.8 Å². The van der Waals surface area contributed by atoms with Crippen LogP contribution >= 0.6 is 0 Å². The molecular formula is C18H16FNO. The Hall–Kier alpha value is -2.29. The molecule has 0 bridgehead atoms. The molecule has 0 radical (unpaired) electrons. The first-order valence-electron chi connectivity index (χ1n) is 7.09. The highest BCUT2D eigenvalue weighted by atomic mass is 19.1. The van der Waals surface area contributed by atoms with E-state index in [1.54, 1.807) is 0 Å². The van der Waals surface area contributed by atoms with Gasteiger partial charge in [0.15, 0.2) is 12.5 Å². The van der Waals surface area contributed by atoms with Crippen LogP contribution in [0.3, 0.4) is 0 Å². The number of rotatable bonds is 0. The largest absolute Gasteiger partial charge is 0.472 e. The maximum absolute atomic E-state index is 15.0. The lowest BCUT2D eigenvalue weighted by molar-refractivity contribution is 0.234. The number of nitrogens with zero attached hydrogens (tertiary/aromatic N) is 1. The minimum absolute atomic E-state index is 0.148. The Labute approximate surface area is 122 Å². The zero-order chi connectivity index (χ0) is 14.7. The summed E-state index contributed by atoms with van der Waals surface area (Å²) >= 11 is 0. The highest BCUT2D eigenvalue weighted by Crippen LogP contribution is 2.41. The van der Waals surface area contributed by atoms with E-state index in [1.165, 1.54) is 0 Å². The summed E-state index contributed by atoms with van der Waals surface area (Å²) < 4.78 is 22.7. The van der Waals surface area contributed by atoms with Crippen molar-refractivity contribution in [2.24, 2.45) is 0 Å². The second-order valence-electron chi connectivity index (χ2n) is 5.84. The number of ether oxygens (including phenoxy) is 1. The summed E-state index contributed by atoms with van der Waals surface area (Å²) in [5, 5.41) is 0.680. The second-order valence-corrected chi connectivity index (χ2v) is 5.84. The molecule has 0 N–H and O–H groups in total. The molecule has 1 aliphatic rings. The van der Waals surface area contributed by atoms with Crippen LogP contribution in [0, 0.1) is 26.6 Å². The van der Waals surface area contributed by atoms with Crippen molar-refractivity contribution >= 4 is 10.9 Å². The standard InChI is InChI=1S/C18H16FNO/c1-10-4-5-13-15(8-10)21-9-20-17-12(3)6-11(2)7-14(17)16(19)18(13)20/h4-8H,9H2,1-3H3. The molecule has 2 heterocycles. The zero-order valence-corrected chi connectivity index (χ0v) is 12.3. The minimum atomic E-state index is -0.148.